The molecule has 0 bridgehead atoms. The Morgan fingerprint density at radius 3 is 2.31 bits per heavy atom. The highest BCUT2D eigenvalue weighted by Gasteiger charge is 2.18. The highest BCUT2D eigenvalue weighted by Crippen LogP contribution is 2.30. The zero-order valence-corrected chi connectivity index (χ0v) is 8.49. The maximum absolute atomic E-state index is 5.99. The van der Waals surface area contributed by atoms with E-state index in [2.05, 4.69) is 10.6 Å². The average Bonchev–Trinajstić information content (AvgIpc) is 2.00. The third-order valence-electron chi connectivity index (χ3n) is 2.09. The summed E-state index contributed by atoms with van der Waals surface area (Å²) >= 11 is 12.0. The van der Waals surface area contributed by atoms with E-state index >= 15 is 0 Å². The van der Waals surface area contributed by atoms with Gasteiger partial charge in [-0.1, -0.05) is 29.3 Å². The molecule has 1 fully saturated rings. The summed E-state index contributed by atoms with van der Waals surface area (Å²) in [7, 11) is 0. The summed E-state index contributed by atoms with van der Waals surface area (Å²) in [6.45, 7) is 1.95. The third-order valence-corrected chi connectivity index (χ3v) is 2.72. The van der Waals surface area contributed by atoms with Crippen LogP contribution in [0.3, 0.4) is 0 Å². The molecule has 0 saturated carbocycles. The van der Waals surface area contributed by atoms with E-state index < -0.39 is 0 Å². The fourth-order valence-electron chi connectivity index (χ4n) is 1.23. The fourth-order valence-corrected chi connectivity index (χ4v) is 1.74. The van der Waals surface area contributed by atoms with Crippen molar-refractivity contribution in [2.75, 3.05) is 18.4 Å². The van der Waals surface area contributed by atoms with E-state index in [1.54, 1.807) is 0 Å². The first-order valence-electron chi connectivity index (χ1n) is 4.18. The molecule has 13 heavy (non-hydrogen) atoms. The van der Waals surface area contributed by atoms with E-state index in [0.717, 1.165) is 18.8 Å². The molecule has 4 heteroatoms. The van der Waals surface area contributed by atoms with Crippen molar-refractivity contribution in [2.24, 2.45) is 0 Å². The van der Waals surface area contributed by atoms with E-state index in [9.17, 15) is 0 Å². The molecule has 1 aliphatic heterocycles. The molecule has 0 unspecified atom stereocenters. The van der Waals surface area contributed by atoms with E-state index in [1.807, 2.05) is 18.2 Å². The topological polar surface area (TPSA) is 24.1 Å². The predicted molar refractivity (Wildman–Crippen MR) is 56.7 cm³/mol. The van der Waals surface area contributed by atoms with Gasteiger partial charge in [0.1, 0.15) is 0 Å². The van der Waals surface area contributed by atoms with Crippen LogP contribution in [0.1, 0.15) is 0 Å². The number of rotatable bonds is 2. The second-order valence-corrected chi connectivity index (χ2v) is 3.91. The maximum atomic E-state index is 5.99. The van der Waals surface area contributed by atoms with Gasteiger partial charge in [-0.25, -0.2) is 0 Å². The molecule has 0 spiro atoms. The summed E-state index contributed by atoms with van der Waals surface area (Å²) in [5.74, 6) is 0. The van der Waals surface area contributed by atoms with Crippen molar-refractivity contribution in [2.45, 2.75) is 6.04 Å². The zero-order valence-electron chi connectivity index (χ0n) is 6.98. The summed E-state index contributed by atoms with van der Waals surface area (Å²) in [5, 5.41) is 7.82. The number of hydrogen-bond acceptors (Lipinski definition) is 2. The van der Waals surface area contributed by atoms with Gasteiger partial charge in [0, 0.05) is 13.1 Å². The first-order chi connectivity index (χ1) is 6.27. The molecule has 0 aromatic heterocycles. The van der Waals surface area contributed by atoms with E-state index in [0.29, 0.717) is 16.1 Å². The molecule has 1 saturated heterocycles. The monoisotopic (exact) mass is 216 g/mol. The van der Waals surface area contributed by atoms with Gasteiger partial charge in [0.25, 0.3) is 0 Å². The van der Waals surface area contributed by atoms with Crippen molar-refractivity contribution in [3.63, 3.8) is 0 Å². The summed E-state index contributed by atoms with van der Waals surface area (Å²) < 4.78 is 0. The van der Waals surface area contributed by atoms with E-state index in [1.165, 1.54) is 0 Å². The Morgan fingerprint density at radius 2 is 1.85 bits per heavy atom. The number of hydrogen-bond donors (Lipinski definition) is 2. The van der Waals surface area contributed by atoms with Gasteiger partial charge in [-0.05, 0) is 12.1 Å². The molecule has 1 heterocycles. The molecular formula is C9H10Cl2N2. The summed E-state index contributed by atoms with van der Waals surface area (Å²) in [6, 6.07) is 5.97. The van der Waals surface area contributed by atoms with Gasteiger partial charge in [0.05, 0.1) is 21.8 Å². The Kier molecular flexibility index (Phi) is 2.63. The lowest BCUT2D eigenvalue weighted by Gasteiger charge is -2.29. The highest BCUT2D eigenvalue weighted by atomic mass is 35.5. The minimum absolute atomic E-state index is 0.456. The molecule has 0 amide bonds. The number of benzene rings is 1. The molecule has 2 rings (SSSR count). The van der Waals surface area contributed by atoms with Crippen LogP contribution in [0.25, 0.3) is 0 Å². The van der Waals surface area contributed by atoms with Crippen molar-refractivity contribution in [3.8, 4) is 0 Å². The highest BCUT2D eigenvalue weighted by molar-refractivity contribution is 6.39. The Bertz CT molecular complexity index is 290. The lowest BCUT2D eigenvalue weighted by Crippen LogP contribution is -2.51. The zero-order chi connectivity index (χ0) is 9.26. The minimum atomic E-state index is 0.456. The minimum Gasteiger partial charge on any atom is -0.377 e. The van der Waals surface area contributed by atoms with Gasteiger partial charge in [0.15, 0.2) is 0 Å². The van der Waals surface area contributed by atoms with Gasteiger partial charge >= 0.3 is 0 Å². The van der Waals surface area contributed by atoms with Crippen molar-refractivity contribution in [1.82, 2.24) is 5.32 Å². The molecule has 0 radical (unpaired) electrons. The number of halogens is 2. The average molecular weight is 217 g/mol. The van der Waals surface area contributed by atoms with Crippen LogP contribution in [-0.2, 0) is 0 Å². The fraction of sp³-hybridized carbons (Fsp3) is 0.333. The van der Waals surface area contributed by atoms with Gasteiger partial charge in [-0.15, -0.1) is 0 Å². The normalized spacial score (nSPS) is 16.8. The smallest absolute Gasteiger partial charge is 0.0721 e. The van der Waals surface area contributed by atoms with Crippen LogP contribution in [0.15, 0.2) is 18.2 Å². The Labute approximate surface area is 87.2 Å². The van der Waals surface area contributed by atoms with Crippen molar-refractivity contribution >= 4 is 28.9 Å². The molecule has 1 aliphatic rings. The van der Waals surface area contributed by atoms with Crippen LogP contribution in [0, 0.1) is 0 Å². The summed E-state index contributed by atoms with van der Waals surface area (Å²) in [4.78, 5) is 0. The Balaban J connectivity index is 2.17. The quantitative estimate of drug-likeness (QED) is 0.794. The van der Waals surface area contributed by atoms with Crippen molar-refractivity contribution in [1.29, 1.82) is 0 Å². The Hall–Kier alpha value is -0.440. The van der Waals surface area contributed by atoms with Crippen molar-refractivity contribution < 1.29 is 0 Å². The van der Waals surface area contributed by atoms with Crippen LogP contribution in [-0.4, -0.2) is 19.1 Å². The van der Waals surface area contributed by atoms with Crippen LogP contribution in [0.2, 0.25) is 10.0 Å². The second kappa shape index (κ2) is 3.74. The van der Waals surface area contributed by atoms with Crippen LogP contribution >= 0.6 is 23.2 Å². The number of anilines is 1. The van der Waals surface area contributed by atoms with Gasteiger partial charge < -0.3 is 10.6 Å². The number of para-hydroxylation sites is 1. The molecule has 0 aliphatic carbocycles. The standard InChI is InChI=1S/C9H10Cl2N2/c10-7-2-1-3-8(11)9(7)13-6-4-12-5-6/h1-3,6,12-13H,4-5H2. The van der Waals surface area contributed by atoms with Gasteiger partial charge in [-0.2, -0.15) is 0 Å². The predicted octanol–water partition coefficient (Wildman–Crippen LogP) is 2.38. The van der Waals surface area contributed by atoms with E-state index in [4.69, 9.17) is 23.2 Å². The maximum Gasteiger partial charge on any atom is 0.0721 e. The first-order valence-corrected chi connectivity index (χ1v) is 4.94. The van der Waals surface area contributed by atoms with Crippen LogP contribution in [0.5, 0.6) is 0 Å². The largest absolute Gasteiger partial charge is 0.377 e. The first kappa shape index (κ1) is 9.13. The molecule has 1 aromatic rings. The van der Waals surface area contributed by atoms with Crippen LogP contribution in [0.4, 0.5) is 5.69 Å². The van der Waals surface area contributed by atoms with Crippen LogP contribution < -0.4 is 10.6 Å². The lowest BCUT2D eigenvalue weighted by atomic mass is 10.1. The second-order valence-electron chi connectivity index (χ2n) is 3.10. The Morgan fingerprint density at radius 1 is 1.23 bits per heavy atom. The molecule has 1 aromatic carbocycles. The molecule has 2 nitrogen and oxygen atoms in total. The molecule has 2 N–H and O–H groups in total. The van der Waals surface area contributed by atoms with Gasteiger partial charge in [-0.3, -0.25) is 0 Å². The SMILES string of the molecule is Clc1cccc(Cl)c1NC1CNC1. The van der Waals surface area contributed by atoms with E-state index in [-0.39, 0.29) is 0 Å². The van der Waals surface area contributed by atoms with Gasteiger partial charge in [0.2, 0.25) is 0 Å². The van der Waals surface area contributed by atoms with Crippen molar-refractivity contribution in [3.05, 3.63) is 28.2 Å². The molecule has 70 valence electrons. The summed E-state index contributed by atoms with van der Waals surface area (Å²) in [5.41, 5.74) is 0.845. The molecule has 0 atom stereocenters. The lowest BCUT2D eigenvalue weighted by molar-refractivity contribution is 0.472. The number of nitrogens with one attached hydrogen (secondary N) is 2. The third kappa shape index (κ3) is 1.90. The summed E-state index contributed by atoms with van der Waals surface area (Å²) in [6.07, 6.45) is 0. The molecular weight excluding hydrogens is 207 g/mol.